The van der Waals surface area contributed by atoms with E-state index in [1.54, 1.807) is 18.0 Å². The fourth-order valence-electron chi connectivity index (χ4n) is 4.81. The zero-order valence-electron chi connectivity index (χ0n) is 21.1. The fourth-order valence-corrected chi connectivity index (χ4v) is 4.81. The van der Waals surface area contributed by atoms with Gasteiger partial charge in [0, 0.05) is 37.8 Å². The number of hydrogen-bond acceptors (Lipinski definition) is 6. The second kappa shape index (κ2) is 11.8. The van der Waals surface area contributed by atoms with Gasteiger partial charge in [0.2, 0.25) is 0 Å². The van der Waals surface area contributed by atoms with Gasteiger partial charge in [-0.2, -0.15) is 5.10 Å². The summed E-state index contributed by atoms with van der Waals surface area (Å²) in [6, 6.07) is 26.1. The lowest BCUT2D eigenvalue weighted by molar-refractivity contribution is 0.312. The summed E-state index contributed by atoms with van der Waals surface area (Å²) in [4.78, 5) is 15.3. The molecule has 0 radical (unpaired) electrons. The number of nitrogens with zero attached hydrogens (tertiary/aromatic N) is 4. The summed E-state index contributed by atoms with van der Waals surface area (Å²) in [6.07, 6.45) is 2.67. The first-order chi connectivity index (χ1) is 18.2. The summed E-state index contributed by atoms with van der Waals surface area (Å²) in [5.74, 6) is 2.25. The maximum absolute atomic E-state index is 12.9. The molecule has 1 unspecified atom stereocenters. The molecule has 0 saturated carbocycles. The van der Waals surface area contributed by atoms with Gasteiger partial charge in [-0.3, -0.25) is 0 Å². The number of rotatable bonds is 11. The van der Waals surface area contributed by atoms with Gasteiger partial charge in [-0.1, -0.05) is 36.4 Å². The molecule has 0 bridgehead atoms. The van der Waals surface area contributed by atoms with Gasteiger partial charge < -0.3 is 19.7 Å². The van der Waals surface area contributed by atoms with Crippen LogP contribution in [0.15, 0.2) is 90.0 Å². The third kappa shape index (κ3) is 5.86. The van der Waals surface area contributed by atoms with E-state index in [4.69, 9.17) is 9.47 Å². The number of para-hydroxylation sites is 2. The van der Waals surface area contributed by atoms with Gasteiger partial charge in [0.25, 0.3) is 0 Å². The van der Waals surface area contributed by atoms with Crippen molar-refractivity contribution < 1.29 is 9.47 Å². The van der Waals surface area contributed by atoms with Gasteiger partial charge in [-0.05, 0) is 54.4 Å². The van der Waals surface area contributed by atoms with Crippen LogP contribution in [-0.2, 0) is 6.54 Å². The molecule has 8 heteroatoms. The van der Waals surface area contributed by atoms with Gasteiger partial charge in [-0.25, -0.2) is 14.0 Å². The SMILES string of the molecule is COc1ccccc1C1CCN(c2ccc(-n3cnn(CCNCCOc4ccccc4)c3=O)cc2)C1. The average Bonchev–Trinajstić information content (AvgIpc) is 3.58. The van der Waals surface area contributed by atoms with Crippen LogP contribution in [0.4, 0.5) is 5.69 Å². The third-order valence-corrected chi connectivity index (χ3v) is 6.78. The Balaban J connectivity index is 1.13. The largest absolute Gasteiger partial charge is 0.496 e. The molecular formula is C29H33N5O3. The lowest BCUT2D eigenvalue weighted by atomic mass is 9.97. The van der Waals surface area contributed by atoms with E-state index in [0.29, 0.717) is 32.2 Å². The molecule has 8 nitrogen and oxygen atoms in total. The highest BCUT2D eigenvalue weighted by Crippen LogP contribution is 2.35. The van der Waals surface area contributed by atoms with Crippen LogP contribution in [0.2, 0.25) is 0 Å². The molecule has 0 amide bonds. The number of benzene rings is 3. The smallest absolute Gasteiger partial charge is 0.350 e. The van der Waals surface area contributed by atoms with Crippen molar-refractivity contribution in [3.63, 3.8) is 0 Å². The molecule has 37 heavy (non-hydrogen) atoms. The van der Waals surface area contributed by atoms with E-state index in [2.05, 4.69) is 39.6 Å². The zero-order valence-corrected chi connectivity index (χ0v) is 21.1. The minimum absolute atomic E-state index is 0.146. The zero-order chi connectivity index (χ0) is 25.5. The van der Waals surface area contributed by atoms with Crippen LogP contribution >= 0.6 is 0 Å². The molecule has 0 spiro atoms. The van der Waals surface area contributed by atoms with Crippen LogP contribution < -0.4 is 25.4 Å². The summed E-state index contributed by atoms with van der Waals surface area (Å²) < 4.78 is 14.3. The van der Waals surface area contributed by atoms with Crippen molar-refractivity contribution in [1.29, 1.82) is 0 Å². The van der Waals surface area contributed by atoms with Crippen molar-refractivity contribution >= 4 is 5.69 Å². The summed E-state index contributed by atoms with van der Waals surface area (Å²) in [7, 11) is 1.73. The Bertz CT molecular complexity index is 1330. The summed E-state index contributed by atoms with van der Waals surface area (Å²) in [6.45, 7) is 4.32. The summed E-state index contributed by atoms with van der Waals surface area (Å²) >= 11 is 0. The Morgan fingerprint density at radius 2 is 1.70 bits per heavy atom. The van der Waals surface area contributed by atoms with Crippen LogP contribution in [0.5, 0.6) is 11.5 Å². The number of hydrogen-bond donors (Lipinski definition) is 1. The Morgan fingerprint density at radius 1 is 0.946 bits per heavy atom. The van der Waals surface area contributed by atoms with Crippen molar-refractivity contribution in [1.82, 2.24) is 19.7 Å². The molecular weight excluding hydrogens is 466 g/mol. The van der Waals surface area contributed by atoms with Crippen LogP contribution in [0.3, 0.4) is 0 Å². The molecule has 1 aliphatic rings. The number of aromatic nitrogens is 3. The predicted molar refractivity (Wildman–Crippen MR) is 145 cm³/mol. The molecule has 3 aromatic carbocycles. The van der Waals surface area contributed by atoms with Crippen molar-refractivity contribution in [3.05, 3.63) is 101 Å². The van der Waals surface area contributed by atoms with E-state index in [1.807, 2.05) is 54.6 Å². The highest BCUT2D eigenvalue weighted by molar-refractivity contribution is 5.53. The molecule has 5 rings (SSSR count). The lowest BCUT2D eigenvalue weighted by Gasteiger charge is -2.20. The highest BCUT2D eigenvalue weighted by atomic mass is 16.5. The van der Waals surface area contributed by atoms with Gasteiger partial charge in [-0.15, -0.1) is 0 Å². The average molecular weight is 500 g/mol. The number of anilines is 1. The van der Waals surface area contributed by atoms with Gasteiger partial charge in [0.05, 0.1) is 19.3 Å². The molecule has 192 valence electrons. The van der Waals surface area contributed by atoms with E-state index in [-0.39, 0.29) is 5.69 Å². The maximum Gasteiger partial charge on any atom is 0.350 e. The van der Waals surface area contributed by atoms with Crippen LogP contribution in [-0.4, -0.2) is 54.2 Å². The highest BCUT2D eigenvalue weighted by Gasteiger charge is 2.26. The van der Waals surface area contributed by atoms with Crippen molar-refractivity contribution in [2.24, 2.45) is 0 Å². The molecule has 1 N–H and O–H groups in total. The molecule has 1 fully saturated rings. The molecule has 4 aromatic rings. The first kappa shape index (κ1) is 24.6. The summed E-state index contributed by atoms with van der Waals surface area (Å²) in [5, 5.41) is 7.59. The molecule has 1 saturated heterocycles. The minimum atomic E-state index is -0.146. The normalized spacial score (nSPS) is 15.2. The van der Waals surface area contributed by atoms with E-state index in [0.717, 1.165) is 42.4 Å². The predicted octanol–water partition coefficient (Wildman–Crippen LogP) is 3.71. The Labute approximate surface area is 217 Å². The van der Waals surface area contributed by atoms with E-state index in [9.17, 15) is 4.79 Å². The van der Waals surface area contributed by atoms with Crippen molar-refractivity contribution in [3.8, 4) is 17.2 Å². The van der Waals surface area contributed by atoms with Gasteiger partial charge in [0.1, 0.15) is 24.4 Å². The van der Waals surface area contributed by atoms with Crippen LogP contribution in [0.1, 0.15) is 17.9 Å². The lowest BCUT2D eigenvalue weighted by Crippen LogP contribution is -2.30. The van der Waals surface area contributed by atoms with E-state index in [1.165, 1.54) is 10.2 Å². The molecule has 1 aliphatic heterocycles. The monoisotopic (exact) mass is 499 g/mol. The fraction of sp³-hybridized carbons (Fsp3) is 0.310. The topological polar surface area (TPSA) is 73.6 Å². The van der Waals surface area contributed by atoms with Gasteiger partial charge >= 0.3 is 5.69 Å². The minimum Gasteiger partial charge on any atom is -0.496 e. The van der Waals surface area contributed by atoms with E-state index >= 15 is 0 Å². The first-order valence-corrected chi connectivity index (χ1v) is 12.7. The Kier molecular flexibility index (Phi) is 7.86. The van der Waals surface area contributed by atoms with Gasteiger partial charge in [0.15, 0.2) is 0 Å². The van der Waals surface area contributed by atoms with Crippen LogP contribution in [0, 0.1) is 0 Å². The molecule has 2 heterocycles. The quantitative estimate of drug-likeness (QED) is 0.317. The molecule has 0 aliphatic carbocycles. The molecule has 1 aromatic heterocycles. The Hall–Kier alpha value is -4.04. The van der Waals surface area contributed by atoms with E-state index < -0.39 is 0 Å². The molecule has 1 atom stereocenters. The van der Waals surface area contributed by atoms with Crippen molar-refractivity contribution in [2.45, 2.75) is 18.9 Å². The third-order valence-electron chi connectivity index (χ3n) is 6.78. The number of methoxy groups -OCH3 is 1. The maximum atomic E-state index is 12.9. The second-order valence-electron chi connectivity index (χ2n) is 9.11. The second-order valence-corrected chi connectivity index (χ2v) is 9.11. The van der Waals surface area contributed by atoms with Crippen molar-refractivity contribution in [2.75, 3.05) is 44.8 Å². The number of nitrogens with one attached hydrogen (secondary N) is 1. The first-order valence-electron chi connectivity index (χ1n) is 12.7. The summed E-state index contributed by atoms with van der Waals surface area (Å²) in [5.41, 5.74) is 3.09. The Morgan fingerprint density at radius 3 is 2.51 bits per heavy atom. The van der Waals surface area contributed by atoms with Crippen LogP contribution in [0.25, 0.3) is 5.69 Å². The number of ether oxygens (including phenoxy) is 2. The standard InChI is InChI=1S/C29H33N5O3/c1-36-28-10-6-5-9-27(28)23-15-18-32(21-23)24-11-13-25(14-12-24)33-22-31-34(29(33)35)19-16-30-17-20-37-26-7-3-2-4-8-26/h2-14,22-23,30H,15-21H2,1H3.